The van der Waals surface area contributed by atoms with E-state index in [1.54, 1.807) is 18.2 Å². The van der Waals surface area contributed by atoms with Gasteiger partial charge in [0.15, 0.2) is 5.78 Å². The number of carbonyl (C=O) groups excluding carboxylic acids is 1. The lowest BCUT2D eigenvalue weighted by Crippen LogP contribution is -1.99. The summed E-state index contributed by atoms with van der Waals surface area (Å²) in [5, 5.41) is 10.5. The summed E-state index contributed by atoms with van der Waals surface area (Å²) in [5.74, 6) is -0.0156. The van der Waals surface area contributed by atoms with Gasteiger partial charge >= 0.3 is 0 Å². The van der Waals surface area contributed by atoms with Gasteiger partial charge in [0.25, 0.3) is 0 Å². The van der Waals surface area contributed by atoms with E-state index in [1.807, 2.05) is 6.07 Å². The summed E-state index contributed by atoms with van der Waals surface area (Å²) >= 11 is 0. The molecule has 0 aromatic heterocycles. The molecule has 0 bridgehead atoms. The predicted octanol–water partition coefficient (Wildman–Crippen LogP) is 1.94. The molecule has 0 aliphatic rings. The molecule has 0 aliphatic carbocycles. The van der Waals surface area contributed by atoms with Crippen molar-refractivity contribution in [2.75, 3.05) is 5.43 Å². The van der Waals surface area contributed by atoms with E-state index >= 15 is 0 Å². The van der Waals surface area contributed by atoms with E-state index in [9.17, 15) is 4.79 Å². The molecule has 1 rings (SSSR count). The van der Waals surface area contributed by atoms with Crippen LogP contribution in [-0.2, 0) is 0 Å². The fourth-order valence-electron chi connectivity index (χ4n) is 1.03. The van der Waals surface area contributed by atoms with Crippen molar-refractivity contribution < 1.29 is 4.79 Å². The van der Waals surface area contributed by atoms with Crippen molar-refractivity contribution in [2.24, 2.45) is 5.10 Å². The van der Waals surface area contributed by atoms with E-state index < -0.39 is 0 Å². The van der Waals surface area contributed by atoms with Gasteiger partial charge in [-0.3, -0.25) is 10.2 Å². The molecule has 0 atom stereocenters. The standard InChI is InChI=1S/C10H11N3O/c1-8(14)9-4-2-3-5-10(9)13-12-7-6-11/h2-7,11,13H,1H3/b11-6?,12-7-. The van der Waals surface area contributed by atoms with Crippen molar-refractivity contribution in [3.8, 4) is 0 Å². The number of hydrogen-bond acceptors (Lipinski definition) is 4. The predicted molar refractivity (Wildman–Crippen MR) is 57.3 cm³/mol. The Labute approximate surface area is 82.2 Å². The molecule has 72 valence electrons. The van der Waals surface area contributed by atoms with E-state index in [0.29, 0.717) is 11.3 Å². The summed E-state index contributed by atoms with van der Waals surface area (Å²) in [4.78, 5) is 11.2. The molecule has 0 amide bonds. The second-order valence-corrected chi connectivity index (χ2v) is 2.66. The first-order valence-corrected chi connectivity index (χ1v) is 4.14. The van der Waals surface area contributed by atoms with E-state index in [-0.39, 0.29) is 5.78 Å². The summed E-state index contributed by atoms with van der Waals surface area (Å²) < 4.78 is 0. The van der Waals surface area contributed by atoms with Crippen LogP contribution in [-0.4, -0.2) is 18.2 Å². The monoisotopic (exact) mass is 189 g/mol. The minimum atomic E-state index is -0.0156. The molecule has 4 nitrogen and oxygen atoms in total. The fourth-order valence-corrected chi connectivity index (χ4v) is 1.03. The number of nitrogens with zero attached hydrogens (tertiary/aromatic N) is 1. The zero-order chi connectivity index (χ0) is 10.4. The number of carbonyl (C=O) groups is 1. The Balaban J connectivity index is 2.89. The molecule has 0 unspecified atom stereocenters. The highest BCUT2D eigenvalue weighted by Crippen LogP contribution is 2.14. The van der Waals surface area contributed by atoms with E-state index in [4.69, 9.17) is 5.41 Å². The summed E-state index contributed by atoms with van der Waals surface area (Å²) in [5.41, 5.74) is 3.94. The molecule has 1 aromatic rings. The Morgan fingerprint density at radius 3 is 2.86 bits per heavy atom. The highest BCUT2D eigenvalue weighted by molar-refractivity contribution is 6.14. The van der Waals surface area contributed by atoms with E-state index in [0.717, 1.165) is 6.21 Å². The van der Waals surface area contributed by atoms with Crippen LogP contribution < -0.4 is 5.43 Å². The minimum absolute atomic E-state index is 0.0156. The number of hydrazone groups is 1. The average Bonchev–Trinajstić information content (AvgIpc) is 2.19. The molecule has 0 aliphatic heterocycles. The zero-order valence-electron chi connectivity index (χ0n) is 7.82. The number of rotatable bonds is 4. The summed E-state index contributed by atoms with van der Waals surface area (Å²) in [6.45, 7) is 1.50. The molecule has 1 aromatic carbocycles. The maximum absolute atomic E-state index is 11.2. The quantitative estimate of drug-likeness (QED) is 0.432. The number of anilines is 1. The van der Waals surface area contributed by atoms with Crippen molar-refractivity contribution in [1.29, 1.82) is 5.41 Å². The number of hydrogen-bond donors (Lipinski definition) is 2. The van der Waals surface area contributed by atoms with Gasteiger partial charge in [-0.05, 0) is 19.1 Å². The molecular weight excluding hydrogens is 178 g/mol. The maximum atomic E-state index is 11.2. The molecule has 0 spiro atoms. The second-order valence-electron chi connectivity index (χ2n) is 2.66. The Morgan fingerprint density at radius 1 is 1.50 bits per heavy atom. The van der Waals surface area contributed by atoms with Crippen LogP contribution in [0, 0.1) is 5.41 Å². The molecule has 4 heteroatoms. The molecular formula is C10H11N3O. The molecule has 0 saturated carbocycles. The first kappa shape index (κ1) is 10.1. The maximum Gasteiger partial charge on any atom is 0.161 e. The van der Waals surface area contributed by atoms with Gasteiger partial charge in [-0.25, -0.2) is 0 Å². The minimum Gasteiger partial charge on any atom is -0.307 e. The van der Waals surface area contributed by atoms with Crippen molar-refractivity contribution in [3.05, 3.63) is 29.8 Å². The third-order valence-electron chi connectivity index (χ3n) is 1.64. The Hall–Kier alpha value is -1.97. The number of nitrogens with one attached hydrogen (secondary N) is 2. The second kappa shape index (κ2) is 4.91. The van der Waals surface area contributed by atoms with Crippen molar-refractivity contribution in [2.45, 2.75) is 6.92 Å². The summed E-state index contributed by atoms with van der Waals surface area (Å²) in [6.07, 6.45) is 2.36. The lowest BCUT2D eigenvalue weighted by atomic mass is 10.1. The number of Topliss-reactive ketones (excluding diaryl/α,β-unsaturated/α-hetero) is 1. The lowest BCUT2D eigenvalue weighted by Gasteiger charge is -2.04. The van der Waals surface area contributed by atoms with Crippen molar-refractivity contribution in [3.63, 3.8) is 0 Å². The fraction of sp³-hybridized carbons (Fsp3) is 0.100. The normalized spacial score (nSPS) is 10.1. The largest absolute Gasteiger partial charge is 0.307 e. The number of para-hydroxylation sites is 1. The van der Waals surface area contributed by atoms with Crippen LogP contribution in [0.1, 0.15) is 17.3 Å². The van der Waals surface area contributed by atoms with Crippen LogP contribution in [0.2, 0.25) is 0 Å². The van der Waals surface area contributed by atoms with Crippen LogP contribution in [0.25, 0.3) is 0 Å². The molecule has 0 saturated heterocycles. The average molecular weight is 189 g/mol. The van der Waals surface area contributed by atoms with Gasteiger partial charge in [-0.1, -0.05) is 12.1 Å². The van der Waals surface area contributed by atoms with Gasteiger partial charge in [-0.15, -0.1) is 0 Å². The highest BCUT2D eigenvalue weighted by Gasteiger charge is 2.03. The van der Waals surface area contributed by atoms with Crippen LogP contribution in [0.3, 0.4) is 0 Å². The van der Waals surface area contributed by atoms with Gasteiger partial charge in [0.1, 0.15) is 0 Å². The number of benzene rings is 1. The number of ketones is 1. The van der Waals surface area contributed by atoms with E-state index in [2.05, 4.69) is 10.5 Å². The first-order valence-electron chi connectivity index (χ1n) is 4.14. The first-order chi connectivity index (χ1) is 6.75. The van der Waals surface area contributed by atoms with Gasteiger partial charge < -0.3 is 5.41 Å². The molecule has 14 heavy (non-hydrogen) atoms. The molecule has 0 heterocycles. The van der Waals surface area contributed by atoms with Crippen LogP contribution in [0.5, 0.6) is 0 Å². The topological polar surface area (TPSA) is 65.3 Å². The Morgan fingerprint density at radius 2 is 2.21 bits per heavy atom. The van der Waals surface area contributed by atoms with Gasteiger partial charge in [0, 0.05) is 11.8 Å². The highest BCUT2D eigenvalue weighted by atomic mass is 16.1. The van der Waals surface area contributed by atoms with Crippen molar-refractivity contribution in [1.82, 2.24) is 0 Å². The third-order valence-corrected chi connectivity index (χ3v) is 1.64. The summed E-state index contributed by atoms with van der Waals surface area (Å²) in [7, 11) is 0. The Bertz CT molecular complexity index is 371. The van der Waals surface area contributed by atoms with Crippen LogP contribution in [0.15, 0.2) is 29.4 Å². The van der Waals surface area contributed by atoms with Gasteiger partial charge in [-0.2, -0.15) is 5.10 Å². The Kier molecular flexibility index (Phi) is 3.55. The lowest BCUT2D eigenvalue weighted by molar-refractivity contribution is 0.101. The third kappa shape index (κ3) is 2.52. The molecule has 0 fully saturated rings. The zero-order valence-corrected chi connectivity index (χ0v) is 7.82. The SMILES string of the molecule is CC(=O)c1ccccc1N/N=C\C=N. The summed E-state index contributed by atoms with van der Waals surface area (Å²) in [6, 6.07) is 7.10. The van der Waals surface area contributed by atoms with Crippen LogP contribution in [0.4, 0.5) is 5.69 Å². The van der Waals surface area contributed by atoms with Gasteiger partial charge in [0.2, 0.25) is 0 Å². The van der Waals surface area contributed by atoms with Crippen molar-refractivity contribution >= 4 is 23.9 Å². The van der Waals surface area contributed by atoms with Crippen LogP contribution >= 0.6 is 0 Å². The van der Waals surface area contributed by atoms with E-state index in [1.165, 1.54) is 13.1 Å². The molecule has 0 radical (unpaired) electrons. The molecule has 2 N–H and O–H groups in total. The van der Waals surface area contributed by atoms with Gasteiger partial charge in [0.05, 0.1) is 11.9 Å². The smallest absolute Gasteiger partial charge is 0.161 e.